The van der Waals surface area contributed by atoms with Crippen molar-refractivity contribution in [3.8, 4) is 0 Å². The molecule has 1 rings (SSSR count). The smallest absolute Gasteiger partial charge is 0.0207 e. The van der Waals surface area contributed by atoms with Gasteiger partial charge in [-0.15, -0.1) is 0 Å². The maximum absolute atomic E-state index is 6.04. The van der Waals surface area contributed by atoms with Gasteiger partial charge in [-0.2, -0.15) is 0 Å². The summed E-state index contributed by atoms with van der Waals surface area (Å²) in [6.07, 6.45) is 4.55. The van der Waals surface area contributed by atoms with Gasteiger partial charge in [0.05, 0.1) is 0 Å². The molecule has 0 aliphatic heterocycles. The van der Waals surface area contributed by atoms with Crippen LogP contribution < -0.4 is 5.73 Å². The number of hydrogen-bond acceptors (Lipinski definition) is 1. The molecule has 0 bridgehead atoms. The van der Waals surface area contributed by atoms with Crippen LogP contribution >= 0.6 is 15.9 Å². The van der Waals surface area contributed by atoms with Crippen molar-refractivity contribution in [3.63, 3.8) is 0 Å². The van der Waals surface area contributed by atoms with E-state index < -0.39 is 0 Å². The van der Waals surface area contributed by atoms with E-state index in [4.69, 9.17) is 5.73 Å². The van der Waals surface area contributed by atoms with Crippen molar-refractivity contribution in [1.29, 1.82) is 0 Å². The van der Waals surface area contributed by atoms with E-state index in [-0.39, 0.29) is 0 Å². The quantitative estimate of drug-likeness (QED) is 0.857. The lowest BCUT2D eigenvalue weighted by Crippen LogP contribution is -2.22. The standard InChI is InChI=1S/C12H18BrN/c1-2-3-7-11(14)9-10-6-4-5-8-12(10)13/h4-6,8,11H,2-3,7,9,14H2,1H3. The Morgan fingerprint density at radius 3 is 2.71 bits per heavy atom. The minimum Gasteiger partial charge on any atom is -0.327 e. The Morgan fingerprint density at radius 1 is 1.36 bits per heavy atom. The minimum atomic E-state index is 0.300. The van der Waals surface area contributed by atoms with Crippen molar-refractivity contribution >= 4 is 15.9 Å². The van der Waals surface area contributed by atoms with Crippen LogP contribution in [0.15, 0.2) is 28.7 Å². The van der Waals surface area contributed by atoms with Crippen molar-refractivity contribution in [2.45, 2.75) is 38.6 Å². The molecule has 78 valence electrons. The highest BCUT2D eigenvalue weighted by molar-refractivity contribution is 9.10. The second kappa shape index (κ2) is 6.20. The van der Waals surface area contributed by atoms with Gasteiger partial charge in [0.15, 0.2) is 0 Å². The van der Waals surface area contributed by atoms with Crippen LogP contribution in [0, 0.1) is 0 Å². The van der Waals surface area contributed by atoms with Gasteiger partial charge < -0.3 is 5.73 Å². The molecule has 14 heavy (non-hydrogen) atoms. The van der Waals surface area contributed by atoms with Crippen molar-refractivity contribution in [1.82, 2.24) is 0 Å². The molecule has 0 saturated carbocycles. The summed E-state index contributed by atoms with van der Waals surface area (Å²) >= 11 is 3.54. The van der Waals surface area contributed by atoms with Crippen molar-refractivity contribution < 1.29 is 0 Å². The minimum absolute atomic E-state index is 0.300. The molecule has 1 unspecified atom stereocenters. The number of benzene rings is 1. The van der Waals surface area contributed by atoms with E-state index in [0.717, 1.165) is 12.8 Å². The Bertz CT molecular complexity index is 273. The molecular formula is C12H18BrN. The molecule has 0 amide bonds. The predicted molar refractivity (Wildman–Crippen MR) is 65.3 cm³/mol. The fourth-order valence-electron chi connectivity index (χ4n) is 1.51. The van der Waals surface area contributed by atoms with E-state index in [1.807, 2.05) is 6.07 Å². The molecule has 2 heteroatoms. The van der Waals surface area contributed by atoms with E-state index in [1.54, 1.807) is 0 Å². The van der Waals surface area contributed by atoms with Crippen LogP contribution in [0.4, 0.5) is 0 Å². The third-order valence-corrected chi connectivity index (χ3v) is 3.14. The number of halogens is 1. The summed E-state index contributed by atoms with van der Waals surface area (Å²) < 4.78 is 1.17. The summed E-state index contributed by atoms with van der Waals surface area (Å²) in [6, 6.07) is 8.60. The summed E-state index contributed by atoms with van der Waals surface area (Å²) in [6.45, 7) is 2.20. The van der Waals surface area contributed by atoms with Gasteiger partial charge in [0.25, 0.3) is 0 Å². The zero-order chi connectivity index (χ0) is 10.4. The van der Waals surface area contributed by atoms with Crippen LogP contribution in [-0.4, -0.2) is 6.04 Å². The summed E-state index contributed by atoms with van der Waals surface area (Å²) in [5, 5.41) is 0. The second-order valence-electron chi connectivity index (χ2n) is 3.70. The van der Waals surface area contributed by atoms with Crippen molar-refractivity contribution in [2.75, 3.05) is 0 Å². The highest BCUT2D eigenvalue weighted by atomic mass is 79.9. The normalized spacial score (nSPS) is 12.8. The lowest BCUT2D eigenvalue weighted by atomic mass is 10.0. The maximum Gasteiger partial charge on any atom is 0.0207 e. The summed E-state index contributed by atoms with van der Waals surface area (Å²) in [5.74, 6) is 0. The molecule has 0 fully saturated rings. The van der Waals surface area contributed by atoms with Gasteiger partial charge in [-0.25, -0.2) is 0 Å². The van der Waals surface area contributed by atoms with Crippen LogP contribution in [0.1, 0.15) is 31.7 Å². The van der Waals surface area contributed by atoms with Gasteiger partial charge in [-0.3, -0.25) is 0 Å². The van der Waals surface area contributed by atoms with E-state index in [9.17, 15) is 0 Å². The number of rotatable bonds is 5. The van der Waals surface area contributed by atoms with Gasteiger partial charge in [-0.1, -0.05) is 53.9 Å². The van der Waals surface area contributed by atoms with Gasteiger partial charge in [-0.05, 0) is 24.5 Å². The monoisotopic (exact) mass is 255 g/mol. The molecule has 0 spiro atoms. The van der Waals surface area contributed by atoms with Crippen molar-refractivity contribution in [2.24, 2.45) is 5.73 Å². The van der Waals surface area contributed by atoms with Crippen LogP contribution in [0.25, 0.3) is 0 Å². The van der Waals surface area contributed by atoms with Crippen LogP contribution in [0.3, 0.4) is 0 Å². The van der Waals surface area contributed by atoms with E-state index in [2.05, 4.69) is 41.1 Å². The van der Waals surface area contributed by atoms with E-state index >= 15 is 0 Å². The number of nitrogens with two attached hydrogens (primary N) is 1. The second-order valence-corrected chi connectivity index (χ2v) is 4.55. The molecule has 1 aromatic rings. The Morgan fingerprint density at radius 2 is 2.07 bits per heavy atom. The fraction of sp³-hybridized carbons (Fsp3) is 0.500. The molecule has 1 atom stereocenters. The fourth-order valence-corrected chi connectivity index (χ4v) is 1.96. The van der Waals surface area contributed by atoms with Crippen LogP contribution in [0.2, 0.25) is 0 Å². The van der Waals surface area contributed by atoms with E-state index in [1.165, 1.54) is 22.9 Å². The Labute approximate surface area is 94.8 Å². The Kier molecular flexibility index (Phi) is 5.20. The highest BCUT2D eigenvalue weighted by Crippen LogP contribution is 2.18. The molecule has 0 heterocycles. The van der Waals surface area contributed by atoms with Gasteiger partial charge >= 0.3 is 0 Å². The van der Waals surface area contributed by atoms with Gasteiger partial charge in [0, 0.05) is 10.5 Å². The first-order chi connectivity index (χ1) is 6.74. The summed E-state index contributed by atoms with van der Waals surface area (Å²) in [7, 11) is 0. The Hall–Kier alpha value is -0.340. The van der Waals surface area contributed by atoms with E-state index in [0.29, 0.717) is 6.04 Å². The zero-order valence-corrected chi connectivity index (χ0v) is 10.3. The molecule has 0 aromatic heterocycles. The maximum atomic E-state index is 6.04. The first-order valence-electron chi connectivity index (χ1n) is 5.23. The molecule has 2 N–H and O–H groups in total. The third kappa shape index (κ3) is 3.81. The first kappa shape index (κ1) is 11.7. The SMILES string of the molecule is CCCCC(N)Cc1ccccc1Br. The number of unbranched alkanes of at least 4 members (excludes halogenated alkanes) is 1. The summed E-state index contributed by atoms with van der Waals surface area (Å²) in [4.78, 5) is 0. The zero-order valence-electron chi connectivity index (χ0n) is 8.67. The lowest BCUT2D eigenvalue weighted by Gasteiger charge is -2.11. The van der Waals surface area contributed by atoms with Crippen LogP contribution in [0.5, 0.6) is 0 Å². The average molecular weight is 256 g/mol. The lowest BCUT2D eigenvalue weighted by molar-refractivity contribution is 0.573. The Balaban J connectivity index is 2.47. The topological polar surface area (TPSA) is 26.0 Å². The molecule has 0 saturated heterocycles. The first-order valence-corrected chi connectivity index (χ1v) is 6.02. The molecular weight excluding hydrogens is 238 g/mol. The molecule has 0 radical (unpaired) electrons. The van der Waals surface area contributed by atoms with Gasteiger partial charge in [0.2, 0.25) is 0 Å². The predicted octanol–water partition coefficient (Wildman–Crippen LogP) is 3.51. The summed E-state index contributed by atoms with van der Waals surface area (Å²) in [5.41, 5.74) is 7.36. The van der Waals surface area contributed by atoms with Gasteiger partial charge in [0.1, 0.15) is 0 Å². The van der Waals surface area contributed by atoms with Crippen molar-refractivity contribution in [3.05, 3.63) is 34.3 Å². The number of hydrogen-bond donors (Lipinski definition) is 1. The highest BCUT2D eigenvalue weighted by Gasteiger charge is 2.05. The van der Waals surface area contributed by atoms with Crippen LogP contribution in [-0.2, 0) is 6.42 Å². The molecule has 1 aromatic carbocycles. The average Bonchev–Trinajstić information content (AvgIpc) is 2.18. The molecule has 0 aliphatic rings. The third-order valence-electron chi connectivity index (χ3n) is 2.37. The largest absolute Gasteiger partial charge is 0.327 e. The molecule has 0 aliphatic carbocycles. The molecule has 1 nitrogen and oxygen atoms in total.